The van der Waals surface area contributed by atoms with Crippen molar-refractivity contribution in [2.24, 2.45) is 0 Å². The summed E-state index contributed by atoms with van der Waals surface area (Å²) < 4.78 is 4.93. The molecule has 2 heterocycles. The molecule has 1 aromatic rings. The number of amides is 1. The largest absolute Gasteiger partial charge is 0.452 e. The quantitative estimate of drug-likeness (QED) is 0.915. The molecule has 18 heavy (non-hydrogen) atoms. The average Bonchev–Trinajstić information content (AvgIpc) is 3.12. The van der Waals surface area contributed by atoms with Crippen LogP contribution in [0.5, 0.6) is 0 Å². The summed E-state index contributed by atoms with van der Waals surface area (Å²) in [4.78, 5) is 14.5. The Morgan fingerprint density at radius 2 is 2.06 bits per heavy atom. The van der Waals surface area contributed by atoms with Crippen molar-refractivity contribution in [1.82, 2.24) is 10.2 Å². The van der Waals surface area contributed by atoms with Gasteiger partial charge in [0.05, 0.1) is 11.8 Å². The van der Waals surface area contributed by atoms with Crippen molar-refractivity contribution in [1.29, 1.82) is 0 Å². The minimum absolute atomic E-state index is 0.126. The van der Waals surface area contributed by atoms with Gasteiger partial charge < -0.3 is 14.6 Å². The predicted molar refractivity (Wildman–Crippen MR) is 68.8 cm³/mol. The lowest BCUT2D eigenvalue weighted by Gasteiger charge is -2.32. The van der Waals surface area contributed by atoms with E-state index in [0.29, 0.717) is 5.56 Å². The van der Waals surface area contributed by atoms with Crippen molar-refractivity contribution < 1.29 is 9.21 Å². The topological polar surface area (TPSA) is 45.5 Å². The summed E-state index contributed by atoms with van der Waals surface area (Å²) in [6.45, 7) is 2.18. The molecule has 0 unspecified atom stereocenters. The molecule has 1 amide bonds. The Labute approximate surface area is 111 Å². The Hall–Kier alpha value is -1.00. The Balaban J connectivity index is 1.51. The molecule has 1 aliphatic heterocycles. The van der Waals surface area contributed by atoms with E-state index in [-0.39, 0.29) is 17.2 Å². The van der Waals surface area contributed by atoms with E-state index in [1.807, 2.05) is 0 Å². The van der Waals surface area contributed by atoms with Gasteiger partial charge in [-0.05, 0) is 43.4 Å². The van der Waals surface area contributed by atoms with Crippen LogP contribution in [0.1, 0.15) is 36.0 Å². The number of likely N-dealkylation sites (tertiary alicyclic amines) is 1. The van der Waals surface area contributed by atoms with E-state index in [4.69, 9.17) is 16.0 Å². The molecule has 3 rings (SSSR count). The van der Waals surface area contributed by atoms with Crippen LogP contribution >= 0.6 is 11.6 Å². The Morgan fingerprint density at radius 3 is 2.61 bits per heavy atom. The van der Waals surface area contributed by atoms with Gasteiger partial charge in [-0.25, -0.2) is 0 Å². The zero-order valence-electron chi connectivity index (χ0n) is 10.2. The zero-order valence-corrected chi connectivity index (χ0v) is 10.9. The number of carbonyl (C=O) groups excluding carboxylic acids is 1. The number of hydrogen-bond acceptors (Lipinski definition) is 3. The van der Waals surface area contributed by atoms with Gasteiger partial charge in [0.25, 0.3) is 5.91 Å². The molecule has 4 nitrogen and oxygen atoms in total. The lowest BCUT2D eigenvalue weighted by molar-refractivity contribution is 0.0908. The molecule has 1 aliphatic carbocycles. The number of rotatable bonds is 3. The Kier molecular flexibility index (Phi) is 3.31. The van der Waals surface area contributed by atoms with Crippen molar-refractivity contribution in [2.45, 2.75) is 37.8 Å². The molecule has 0 spiro atoms. The maximum atomic E-state index is 12.0. The second-order valence-electron chi connectivity index (χ2n) is 5.12. The van der Waals surface area contributed by atoms with E-state index in [1.54, 1.807) is 6.07 Å². The summed E-state index contributed by atoms with van der Waals surface area (Å²) in [7, 11) is 0. The number of carbonyl (C=O) groups is 1. The van der Waals surface area contributed by atoms with Crippen molar-refractivity contribution in [3.05, 3.63) is 23.1 Å². The third kappa shape index (κ3) is 2.54. The minimum atomic E-state index is -0.126. The first-order valence-corrected chi connectivity index (χ1v) is 6.90. The molecule has 0 atom stereocenters. The molecule has 5 heteroatoms. The van der Waals surface area contributed by atoms with Gasteiger partial charge >= 0.3 is 0 Å². The molecule has 2 fully saturated rings. The number of piperidine rings is 1. The summed E-state index contributed by atoms with van der Waals surface area (Å²) in [6, 6.07) is 2.69. The van der Waals surface area contributed by atoms with E-state index < -0.39 is 0 Å². The van der Waals surface area contributed by atoms with Gasteiger partial charge in [0, 0.05) is 25.2 Å². The minimum Gasteiger partial charge on any atom is -0.452 e. The summed E-state index contributed by atoms with van der Waals surface area (Å²) in [6.07, 6.45) is 6.19. The monoisotopic (exact) mass is 268 g/mol. The molecule has 98 valence electrons. The number of furan rings is 1. The molecule has 1 saturated carbocycles. The highest BCUT2D eigenvalue weighted by atomic mass is 35.5. The summed E-state index contributed by atoms with van der Waals surface area (Å²) in [5, 5.41) is 3.20. The molecular weight excluding hydrogens is 252 g/mol. The van der Waals surface area contributed by atoms with Gasteiger partial charge in [0.2, 0.25) is 5.22 Å². The smallest absolute Gasteiger partial charge is 0.256 e. The molecule has 0 radical (unpaired) electrons. The fraction of sp³-hybridized carbons (Fsp3) is 0.615. The van der Waals surface area contributed by atoms with Crippen molar-refractivity contribution in [2.75, 3.05) is 13.1 Å². The molecule has 1 saturated heterocycles. The SMILES string of the molecule is O=C(NC1CCN(C2CC2)CC1)c1ccoc1Cl. The van der Waals surface area contributed by atoms with Crippen LogP contribution in [-0.2, 0) is 0 Å². The summed E-state index contributed by atoms with van der Waals surface area (Å²) in [5.41, 5.74) is 0.432. The fourth-order valence-electron chi connectivity index (χ4n) is 2.57. The van der Waals surface area contributed by atoms with Gasteiger partial charge in [-0.15, -0.1) is 0 Å². The average molecular weight is 269 g/mol. The van der Waals surface area contributed by atoms with Crippen LogP contribution in [-0.4, -0.2) is 36.0 Å². The second-order valence-corrected chi connectivity index (χ2v) is 5.47. The van der Waals surface area contributed by atoms with Gasteiger partial charge in [0.1, 0.15) is 0 Å². The van der Waals surface area contributed by atoms with Crippen LogP contribution in [0.3, 0.4) is 0 Å². The van der Waals surface area contributed by atoms with Gasteiger partial charge in [0.15, 0.2) is 0 Å². The first kappa shape index (κ1) is 12.1. The Bertz CT molecular complexity index is 434. The van der Waals surface area contributed by atoms with Crippen LogP contribution < -0.4 is 5.32 Å². The van der Waals surface area contributed by atoms with Gasteiger partial charge in [-0.3, -0.25) is 4.79 Å². The van der Waals surface area contributed by atoms with Crippen LogP contribution in [0, 0.1) is 0 Å². The third-order valence-corrected chi connectivity index (χ3v) is 4.08. The number of nitrogens with one attached hydrogen (secondary N) is 1. The molecular formula is C13H17ClN2O2. The van der Waals surface area contributed by atoms with E-state index >= 15 is 0 Å². The zero-order chi connectivity index (χ0) is 12.5. The molecule has 0 aromatic carbocycles. The van der Waals surface area contributed by atoms with Crippen LogP contribution in [0.15, 0.2) is 16.7 Å². The van der Waals surface area contributed by atoms with Gasteiger partial charge in [-0.1, -0.05) is 0 Å². The number of halogens is 1. The number of hydrogen-bond donors (Lipinski definition) is 1. The lowest BCUT2D eigenvalue weighted by atomic mass is 10.0. The van der Waals surface area contributed by atoms with E-state index in [0.717, 1.165) is 32.0 Å². The van der Waals surface area contributed by atoms with Crippen molar-refractivity contribution in [3.8, 4) is 0 Å². The first-order valence-electron chi connectivity index (χ1n) is 6.52. The summed E-state index contributed by atoms with van der Waals surface area (Å²) in [5.74, 6) is -0.126. The fourth-order valence-corrected chi connectivity index (χ4v) is 2.77. The van der Waals surface area contributed by atoms with E-state index in [1.165, 1.54) is 19.1 Å². The highest BCUT2D eigenvalue weighted by Gasteiger charge is 2.32. The highest BCUT2D eigenvalue weighted by molar-refractivity contribution is 6.32. The summed E-state index contributed by atoms with van der Waals surface area (Å²) >= 11 is 5.79. The third-order valence-electron chi connectivity index (χ3n) is 3.79. The molecule has 1 aromatic heterocycles. The molecule has 0 bridgehead atoms. The van der Waals surface area contributed by atoms with Crippen molar-refractivity contribution in [3.63, 3.8) is 0 Å². The predicted octanol–water partition coefficient (Wildman–Crippen LogP) is 2.29. The van der Waals surface area contributed by atoms with Crippen LogP contribution in [0.25, 0.3) is 0 Å². The highest BCUT2D eigenvalue weighted by Crippen LogP contribution is 2.29. The normalized spacial score (nSPS) is 22.1. The second kappa shape index (κ2) is 4.94. The lowest BCUT2D eigenvalue weighted by Crippen LogP contribution is -2.45. The maximum Gasteiger partial charge on any atom is 0.256 e. The standard InChI is InChI=1S/C13H17ClN2O2/c14-12-11(5-8-18-12)13(17)15-9-3-6-16(7-4-9)10-1-2-10/h5,8-10H,1-4,6-7H2,(H,15,17). The van der Waals surface area contributed by atoms with Crippen LogP contribution in [0.4, 0.5) is 0 Å². The van der Waals surface area contributed by atoms with Crippen LogP contribution in [0.2, 0.25) is 5.22 Å². The van der Waals surface area contributed by atoms with Gasteiger partial charge in [-0.2, -0.15) is 0 Å². The van der Waals surface area contributed by atoms with Crippen molar-refractivity contribution >= 4 is 17.5 Å². The maximum absolute atomic E-state index is 12.0. The van der Waals surface area contributed by atoms with E-state index in [2.05, 4.69) is 10.2 Å². The number of nitrogens with zero attached hydrogens (tertiary/aromatic N) is 1. The Morgan fingerprint density at radius 1 is 1.33 bits per heavy atom. The molecule has 1 N–H and O–H groups in total. The molecule has 2 aliphatic rings. The van der Waals surface area contributed by atoms with E-state index in [9.17, 15) is 4.79 Å². The first-order chi connectivity index (χ1) is 8.74.